The summed E-state index contributed by atoms with van der Waals surface area (Å²) in [5.41, 5.74) is 1.21. The number of ether oxygens (including phenoxy) is 1. The lowest BCUT2D eigenvalue weighted by Crippen LogP contribution is -2.29. The highest BCUT2D eigenvalue weighted by Gasteiger charge is 2.46. The number of aliphatic hydroxyl groups is 1. The lowest BCUT2D eigenvalue weighted by Gasteiger charge is -2.25. The standard InChI is InChI=1S/C25H20ClFN2O4/c1-2-33-20-13-16(8-11-19(20)26)23(30)21-22(15-6-9-17(27)10-7-15)29(25(32)24(21)31)14-18-5-3-4-12-28-18/h3-13,22,30H,2,14H2,1H3/b23-21-. The second-order valence-electron chi connectivity index (χ2n) is 7.38. The molecule has 1 aliphatic rings. The van der Waals surface area contributed by atoms with Crippen molar-refractivity contribution in [3.63, 3.8) is 0 Å². The number of pyridine rings is 1. The van der Waals surface area contributed by atoms with Crippen LogP contribution in [0.4, 0.5) is 4.39 Å². The van der Waals surface area contributed by atoms with Crippen molar-refractivity contribution in [3.8, 4) is 5.75 Å². The molecule has 1 N–H and O–H groups in total. The maximum atomic E-state index is 13.6. The summed E-state index contributed by atoms with van der Waals surface area (Å²) in [6.45, 7) is 2.18. The summed E-state index contributed by atoms with van der Waals surface area (Å²) in [7, 11) is 0. The Morgan fingerprint density at radius 3 is 2.58 bits per heavy atom. The van der Waals surface area contributed by atoms with Crippen molar-refractivity contribution in [2.24, 2.45) is 0 Å². The summed E-state index contributed by atoms with van der Waals surface area (Å²) >= 11 is 6.15. The average Bonchev–Trinajstić information content (AvgIpc) is 3.06. The molecule has 1 aliphatic heterocycles. The van der Waals surface area contributed by atoms with Crippen LogP contribution in [-0.2, 0) is 16.1 Å². The number of aliphatic hydroxyl groups excluding tert-OH is 1. The molecule has 1 unspecified atom stereocenters. The molecule has 168 valence electrons. The van der Waals surface area contributed by atoms with E-state index in [4.69, 9.17) is 16.3 Å². The van der Waals surface area contributed by atoms with Gasteiger partial charge in [-0.05, 0) is 55.0 Å². The van der Waals surface area contributed by atoms with Gasteiger partial charge in [-0.25, -0.2) is 4.39 Å². The fourth-order valence-corrected chi connectivity index (χ4v) is 3.95. The van der Waals surface area contributed by atoms with E-state index in [1.807, 2.05) is 0 Å². The second-order valence-corrected chi connectivity index (χ2v) is 7.79. The first kappa shape index (κ1) is 22.5. The fraction of sp³-hybridized carbons (Fsp3) is 0.160. The monoisotopic (exact) mass is 466 g/mol. The van der Waals surface area contributed by atoms with Crippen LogP contribution in [0.15, 0.2) is 72.4 Å². The van der Waals surface area contributed by atoms with Gasteiger partial charge in [0.25, 0.3) is 11.7 Å². The van der Waals surface area contributed by atoms with Crippen molar-refractivity contribution >= 4 is 29.1 Å². The third-order valence-corrected chi connectivity index (χ3v) is 5.60. The smallest absolute Gasteiger partial charge is 0.296 e. The largest absolute Gasteiger partial charge is 0.507 e. The molecule has 1 fully saturated rings. The zero-order valence-corrected chi connectivity index (χ0v) is 18.4. The van der Waals surface area contributed by atoms with E-state index in [2.05, 4.69) is 4.98 Å². The van der Waals surface area contributed by atoms with Crippen molar-refractivity contribution in [1.29, 1.82) is 0 Å². The molecule has 6 nitrogen and oxygen atoms in total. The molecular formula is C25H20ClFN2O4. The van der Waals surface area contributed by atoms with E-state index in [1.54, 1.807) is 37.4 Å². The number of rotatable bonds is 6. The number of ketones is 1. The Balaban J connectivity index is 1.86. The number of carbonyl (C=O) groups excluding carboxylic acids is 2. The number of amides is 1. The van der Waals surface area contributed by atoms with Crippen LogP contribution in [0.5, 0.6) is 5.75 Å². The van der Waals surface area contributed by atoms with Gasteiger partial charge in [0.2, 0.25) is 0 Å². The predicted molar refractivity (Wildman–Crippen MR) is 121 cm³/mol. The van der Waals surface area contributed by atoms with Gasteiger partial charge in [0.15, 0.2) is 0 Å². The molecule has 2 heterocycles. The third kappa shape index (κ3) is 4.45. The van der Waals surface area contributed by atoms with E-state index in [0.717, 1.165) is 0 Å². The Kier molecular flexibility index (Phi) is 6.42. The molecule has 4 rings (SSSR count). The van der Waals surface area contributed by atoms with Crippen molar-refractivity contribution < 1.29 is 23.8 Å². The summed E-state index contributed by atoms with van der Waals surface area (Å²) in [6.07, 6.45) is 1.59. The third-order valence-electron chi connectivity index (χ3n) is 5.29. The van der Waals surface area contributed by atoms with Crippen LogP contribution in [0.25, 0.3) is 5.76 Å². The summed E-state index contributed by atoms with van der Waals surface area (Å²) < 4.78 is 19.1. The summed E-state index contributed by atoms with van der Waals surface area (Å²) in [6, 6.07) is 14.4. The highest BCUT2D eigenvalue weighted by Crippen LogP contribution is 2.41. The molecule has 1 atom stereocenters. The number of aromatic nitrogens is 1. The van der Waals surface area contributed by atoms with Crippen molar-refractivity contribution in [3.05, 3.63) is 100 Å². The number of halogens is 2. The SMILES string of the molecule is CCOc1cc(/C(O)=C2/C(=O)C(=O)N(Cc3ccccn3)C2c2ccc(F)cc2)ccc1Cl. The Hall–Kier alpha value is -3.71. The highest BCUT2D eigenvalue weighted by molar-refractivity contribution is 6.46. The Morgan fingerprint density at radius 2 is 1.91 bits per heavy atom. The van der Waals surface area contributed by atoms with E-state index in [9.17, 15) is 19.1 Å². The lowest BCUT2D eigenvalue weighted by atomic mass is 9.95. The van der Waals surface area contributed by atoms with Crippen LogP contribution in [0.1, 0.15) is 29.8 Å². The minimum Gasteiger partial charge on any atom is -0.507 e. The van der Waals surface area contributed by atoms with Gasteiger partial charge in [0, 0.05) is 11.8 Å². The van der Waals surface area contributed by atoms with Crippen LogP contribution in [0.2, 0.25) is 5.02 Å². The van der Waals surface area contributed by atoms with Gasteiger partial charge >= 0.3 is 0 Å². The second kappa shape index (κ2) is 9.42. The lowest BCUT2D eigenvalue weighted by molar-refractivity contribution is -0.140. The predicted octanol–water partition coefficient (Wildman–Crippen LogP) is 4.89. The summed E-state index contributed by atoms with van der Waals surface area (Å²) in [5.74, 6) is -2.12. The number of likely N-dealkylation sites (tertiary alicyclic amines) is 1. The number of Topliss-reactive ketones (excluding diaryl/α,β-unsaturated/α-hetero) is 1. The zero-order chi connectivity index (χ0) is 23.5. The number of nitrogens with zero attached hydrogens (tertiary/aromatic N) is 2. The average molecular weight is 467 g/mol. The Morgan fingerprint density at radius 1 is 1.15 bits per heavy atom. The molecule has 1 saturated heterocycles. The molecule has 8 heteroatoms. The topological polar surface area (TPSA) is 79.7 Å². The molecule has 0 spiro atoms. The van der Waals surface area contributed by atoms with Crippen LogP contribution in [-0.4, -0.2) is 33.3 Å². The minimum absolute atomic E-state index is 0.0368. The minimum atomic E-state index is -0.932. The van der Waals surface area contributed by atoms with E-state index < -0.39 is 23.5 Å². The molecule has 3 aromatic rings. The fourth-order valence-electron chi connectivity index (χ4n) is 3.77. The van der Waals surface area contributed by atoms with Crippen LogP contribution < -0.4 is 4.74 Å². The maximum absolute atomic E-state index is 13.6. The number of benzene rings is 2. The van der Waals surface area contributed by atoms with Gasteiger partial charge in [-0.3, -0.25) is 14.6 Å². The summed E-state index contributed by atoms with van der Waals surface area (Å²) in [4.78, 5) is 31.7. The van der Waals surface area contributed by atoms with Gasteiger partial charge in [-0.2, -0.15) is 0 Å². The first-order chi connectivity index (χ1) is 15.9. The molecule has 33 heavy (non-hydrogen) atoms. The Labute approximate surface area is 194 Å². The maximum Gasteiger partial charge on any atom is 0.296 e. The molecule has 1 aromatic heterocycles. The van der Waals surface area contributed by atoms with Crippen molar-refractivity contribution in [2.75, 3.05) is 6.61 Å². The first-order valence-electron chi connectivity index (χ1n) is 10.3. The van der Waals surface area contributed by atoms with E-state index in [1.165, 1.54) is 41.3 Å². The molecule has 2 aromatic carbocycles. The molecular weight excluding hydrogens is 447 g/mol. The molecule has 1 amide bonds. The normalized spacial score (nSPS) is 17.4. The van der Waals surface area contributed by atoms with Gasteiger partial charge < -0.3 is 14.7 Å². The van der Waals surface area contributed by atoms with Crippen molar-refractivity contribution in [1.82, 2.24) is 9.88 Å². The summed E-state index contributed by atoms with van der Waals surface area (Å²) in [5, 5.41) is 11.5. The molecule has 0 aliphatic carbocycles. The van der Waals surface area contributed by atoms with Crippen LogP contribution in [0.3, 0.4) is 0 Å². The zero-order valence-electron chi connectivity index (χ0n) is 17.7. The van der Waals surface area contributed by atoms with E-state index in [0.29, 0.717) is 28.6 Å². The molecule has 0 bridgehead atoms. The van der Waals surface area contributed by atoms with Crippen LogP contribution in [0, 0.1) is 5.82 Å². The van der Waals surface area contributed by atoms with Gasteiger partial charge in [-0.1, -0.05) is 29.8 Å². The number of hydrogen-bond acceptors (Lipinski definition) is 5. The Bertz CT molecular complexity index is 1230. The van der Waals surface area contributed by atoms with E-state index >= 15 is 0 Å². The van der Waals surface area contributed by atoms with Gasteiger partial charge in [-0.15, -0.1) is 0 Å². The number of carbonyl (C=O) groups is 2. The first-order valence-corrected chi connectivity index (χ1v) is 10.6. The molecule has 0 radical (unpaired) electrons. The van der Waals surface area contributed by atoms with Crippen LogP contribution >= 0.6 is 11.6 Å². The number of hydrogen-bond donors (Lipinski definition) is 1. The van der Waals surface area contributed by atoms with Crippen molar-refractivity contribution in [2.45, 2.75) is 19.5 Å². The highest BCUT2D eigenvalue weighted by atomic mass is 35.5. The van der Waals surface area contributed by atoms with Gasteiger partial charge in [0.1, 0.15) is 17.3 Å². The quantitative estimate of drug-likeness (QED) is 0.318. The van der Waals surface area contributed by atoms with Gasteiger partial charge in [0.05, 0.1) is 35.5 Å². The van der Waals surface area contributed by atoms with E-state index in [-0.39, 0.29) is 23.4 Å². The molecule has 0 saturated carbocycles.